The van der Waals surface area contributed by atoms with E-state index in [0.717, 1.165) is 22.3 Å². The van der Waals surface area contributed by atoms with Crippen molar-refractivity contribution in [3.05, 3.63) is 69.6 Å². The lowest BCUT2D eigenvalue weighted by Gasteiger charge is -2.16. The van der Waals surface area contributed by atoms with E-state index in [4.69, 9.17) is 21.9 Å². The van der Waals surface area contributed by atoms with Crippen LogP contribution < -0.4 is 0 Å². The van der Waals surface area contributed by atoms with Crippen molar-refractivity contribution in [3.8, 4) is 17.5 Å². The third-order valence-corrected chi connectivity index (χ3v) is 4.25. The van der Waals surface area contributed by atoms with Crippen LogP contribution in [0.1, 0.15) is 22.3 Å². The highest BCUT2D eigenvalue weighted by Gasteiger charge is 2.11. The topological polar surface area (TPSA) is 58.0 Å². The molecule has 0 aliphatic carbocycles. The Kier molecular flexibility index (Phi) is 5.31. The monoisotopic (exact) mass is 364 g/mol. The summed E-state index contributed by atoms with van der Waals surface area (Å²) in [5.74, 6) is 0.529. The third kappa shape index (κ3) is 4.26. The van der Waals surface area contributed by atoms with Gasteiger partial charge in [-0.05, 0) is 62.9 Å². The SMILES string of the molecule is Cc1cc(C)cc(-c2nn(CN(C)Cc3cccc(C#N)c3)c(=S)o2)c1. The summed E-state index contributed by atoms with van der Waals surface area (Å²) in [6.07, 6.45) is 0. The summed E-state index contributed by atoms with van der Waals surface area (Å²) in [5, 5.41) is 13.5. The van der Waals surface area contributed by atoms with E-state index in [1.165, 1.54) is 0 Å². The molecule has 0 aliphatic rings. The molecule has 132 valence electrons. The first-order valence-corrected chi connectivity index (χ1v) is 8.69. The van der Waals surface area contributed by atoms with Crippen molar-refractivity contribution in [1.29, 1.82) is 5.26 Å². The van der Waals surface area contributed by atoms with Crippen LogP contribution in [-0.2, 0) is 13.2 Å². The van der Waals surface area contributed by atoms with Gasteiger partial charge in [0.25, 0.3) is 4.84 Å². The van der Waals surface area contributed by atoms with Crippen molar-refractivity contribution >= 4 is 12.2 Å². The van der Waals surface area contributed by atoms with Gasteiger partial charge in [0.1, 0.15) is 0 Å². The van der Waals surface area contributed by atoms with Crippen molar-refractivity contribution in [3.63, 3.8) is 0 Å². The Hall–Kier alpha value is -2.75. The first-order valence-electron chi connectivity index (χ1n) is 8.29. The normalized spacial score (nSPS) is 10.9. The highest BCUT2D eigenvalue weighted by molar-refractivity contribution is 7.71. The van der Waals surface area contributed by atoms with E-state index in [1.807, 2.05) is 51.2 Å². The molecule has 0 N–H and O–H groups in total. The molecule has 0 saturated heterocycles. The molecule has 3 aromatic rings. The van der Waals surface area contributed by atoms with Crippen LogP contribution in [0.15, 0.2) is 46.9 Å². The molecule has 0 fully saturated rings. The molecule has 3 rings (SSSR count). The summed E-state index contributed by atoms with van der Waals surface area (Å²) >= 11 is 5.33. The van der Waals surface area contributed by atoms with Crippen LogP contribution in [0.3, 0.4) is 0 Å². The van der Waals surface area contributed by atoms with Crippen LogP contribution in [-0.4, -0.2) is 21.7 Å². The Labute approximate surface area is 158 Å². The fraction of sp³-hybridized carbons (Fsp3) is 0.250. The van der Waals surface area contributed by atoms with Gasteiger partial charge in [-0.3, -0.25) is 4.90 Å². The number of benzene rings is 2. The van der Waals surface area contributed by atoms with Crippen LogP contribution in [0, 0.1) is 30.0 Å². The molecule has 0 atom stereocenters. The minimum Gasteiger partial charge on any atom is -0.409 e. The van der Waals surface area contributed by atoms with Crippen LogP contribution in [0.25, 0.3) is 11.5 Å². The molecule has 0 aliphatic heterocycles. The highest BCUT2D eigenvalue weighted by Crippen LogP contribution is 2.21. The van der Waals surface area contributed by atoms with Gasteiger partial charge in [-0.1, -0.05) is 29.3 Å². The summed E-state index contributed by atoms with van der Waals surface area (Å²) in [5.41, 5.74) is 4.97. The number of nitrogens with zero attached hydrogens (tertiary/aromatic N) is 4. The maximum absolute atomic E-state index is 9.01. The zero-order chi connectivity index (χ0) is 18.7. The Bertz CT molecular complexity index is 1010. The summed E-state index contributed by atoms with van der Waals surface area (Å²) in [6.45, 7) is 5.28. The van der Waals surface area contributed by atoms with E-state index in [2.05, 4.69) is 22.1 Å². The number of hydrogen-bond acceptors (Lipinski definition) is 5. The van der Waals surface area contributed by atoms with Crippen LogP contribution >= 0.6 is 12.2 Å². The molecule has 6 heteroatoms. The molecule has 2 aromatic carbocycles. The zero-order valence-electron chi connectivity index (χ0n) is 15.1. The fourth-order valence-corrected chi connectivity index (χ4v) is 3.12. The fourth-order valence-electron chi connectivity index (χ4n) is 2.94. The van der Waals surface area contributed by atoms with Gasteiger partial charge in [0.05, 0.1) is 18.3 Å². The Balaban J connectivity index is 1.77. The number of aryl methyl sites for hydroxylation is 2. The van der Waals surface area contributed by atoms with Crippen molar-refractivity contribution in [2.75, 3.05) is 7.05 Å². The van der Waals surface area contributed by atoms with Gasteiger partial charge in [0, 0.05) is 12.1 Å². The average molecular weight is 364 g/mol. The summed E-state index contributed by atoms with van der Waals surface area (Å²) in [6, 6.07) is 15.9. The zero-order valence-corrected chi connectivity index (χ0v) is 15.9. The summed E-state index contributed by atoms with van der Waals surface area (Å²) in [7, 11) is 1.98. The van der Waals surface area contributed by atoms with Gasteiger partial charge in [0.15, 0.2) is 0 Å². The standard InChI is InChI=1S/C20H20N4OS/c1-14-7-15(2)9-18(8-14)19-22-24(20(26)25-19)13-23(3)12-17-6-4-5-16(10-17)11-21/h4-10H,12-13H2,1-3H3. The molecule has 0 bridgehead atoms. The van der Waals surface area contributed by atoms with Gasteiger partial charge < -0.3 is 4.42 Å². The molecular weight excluding hydrogens is 344 g/mol. The summed E-state index contributed by atoms with van der Waals surface area (Å²) in [4.78, 5) is 2.41. The van der Waals surface area contributed by atoms with Crippen LogP contribution in [0.4, 0.5) is 0 Å². The summed E-state index contributed by atoms with van der Waals surface area (Å²) < 4.78 is 7.37. The second-order valence-corrected chi connectivity index (χ2v) is 6.87. The van der Waals surface area contributed by atoms with Gasteiger partial charge in [-0.25, -0.2) is 4.68 Å². The molecule has 1 aromatic heterocycles. The van der Waals surface area contributed by atoms with Crippen molar-refractivity contribution < 1.29 is 4.42 Å². The van der Waals surface area contributed by atoms with E-state index in [0.29, 0.717) is 29.5 Å². The second kappa shape index (κ2) is 7.65. The van der Waals surface area contributed by atoms with Gasteiger partial charge in [-0.15, -0.1) is 5.10 Å². The predicted molar refractivity (Wildman–Crippen MR) is 103 cm³/mol. The minimum atomic E-state index is 0.344. The van der Waals surface area contributed by atoms with E-state index in [9.17, 15) is 0 Å². The molecule has 0 unspecified atom stereocenters. The molecular formula is C20H20N4OS. The predicted octanol–water partition coefficient (Wildman–Crippen LogP) is 4.45. The molecule has 0 spiro atoms. The lowest BCUT2D eigenvalue weighted by atomic mass is 10.1. The molecule has 5 nitrogen and oxygen atoms in total. The molecule has 0 saturated carbocycles. The van der Waals surface area contributed by atoms with Gasteiger partial charge in [0.2, 0.25) is 5.89 Å². The molecule has 0 amide bonds. The minimum absolute atomic E-state index is 0.344. The first-order chi connectivity index (χ1) is 12.4. The molecule has 26 heavy (non-hydrogen) atoms. The second-order valence-electron chi connectivity index (χ2n) is 6.52. The third-order valence-electron chi connectivity index (χ3n) is 3.96. The van der Waals surface area contributed by atoms with E-state index < -0.39 is 0 Å². The van der Waals surface area contributed by atoms with Gasteiger partial charge >= 0.3 is 0 Å². The Morgan fingerprint density at radius 2 is 1.92 bits per heavy atom. The highest BCUT2D eigenvalue weighted by atomic mass is 32.1. The number of nitriles is 1. The van der Waals surface area contributed by atoms with Gasteiger partial charge in [-0.2, -0.15) is 5.26 Å². The molecule has 1 heterocycles. The Morgan fingerprint density at radius 1 is 1.19 bits per heavy atom. The largest absolute Gasteiger partial charge is 0.409 e. The maximum atomic E-state index is 9.01. The van der Waals surface area contributed by atoms with Crippen LogP contribution in [0.2, 0.25) is 0 Å². The average Bonchev–Trinajstić information content (AvgIpc) is 2.95. The number of rotatable bonds is 5. The maximum Gasteiger partial charge on any atom is 0.288 e. The lowest BCUT2D eigenvalue weighted by molar-refractivity contribution is 0.240. The Morgan fingerprint density at radius 3 is 2.62 bits per heavy atom. The first kappa shape index (κ1) is 18.1. The smallest absolute Gasteiger partial charge is 0.288 e. The van der Waals surface area contributed by atoms with Crippen molar-refractivity contribution in [2.24, 2.45) is 0 Å². The molecule has 0 radical (unpaired) electrons. The quantitative estimate of drug-likeness (QED) is 0.626. The van der Waals surface area contributed by atoms with E-state index >= 15 is 0 Å². The van der Waals surface area contributed by atoms with E-state index in [1.54, 1.807) is 10.7 Å². The van der Waals surface area contributed by atoms with Crippen molar-refractivity contribution in [1.82, 2.24) is 14.7 Å². The number of hydrogen-bond donors (Lipinski definition) is 0. The van der Waals surface area contributed by atoms with Crippen molar-refractivity contribution in [2.45, 2.75) is 27.1 Å². The number of aromatic nitrogens is 2. The van der Waals surface area contributed by atoms with Crippen LogP contribution in [0.5, 0.6) is 0 Å². The lowest BCUT2D eigenvalue weighted by Crippen LogP contribution is -2.22. The van der Waals surface area contributed by atoms with E-state index in [-0.39, 0.29) is 0 Å².